The standard InChI is InChI=1S/C34H40BN3O10/c1-18-8-10-19(11-9-18)35-38(12-14-47-35,13-15-48-35)17-36-32(44)26-29(41)27(37(3)4)22-16-21-25(30(42)34(22,46)31(26)43)28(40)24-20(33(21,2)45)6-5-7-23(24)39/h5-11,21-22,27,39-40,43,45-46H,12-17H2,1-4H3,(H,36,44)/t21-,22+,27-,33+,34-,35?,38?/m1/s1. The molecule has 3 fully saturated rings. The van der Waals surface area contributed by atoms with E-state index >= 15 is 0 Å². The van der Waals surface area contributed by atoms with Crippen LogP contribution in [0.3, 0.4) is 0 Å². The Morgan fingerprint density at radius 1 is 1.04 bits per heavy atom. The third-order valence-corrected chi connectivity index (χ3v) is 11.5. The quantitative estimate of drug-likeness (QED) is 0.191. The van der Waals surface area contributed by atoms with Gasteiger partial charge in [0.1, 0.15) is 29.5 Å². The first kappa shape index (κ1) is 32.5. The van der Waals surface area contributed by atoms with Gasteiger partial charge in [-0.2, -0.15) is 0 Å². The average Bonchev–Trinajstić information content (AvgIpc) is 3.57. The molecule has 6 N–H and O–H groups in total. The van der Waals surface area contributed by atoms with Gasteiger partial charge in [0.15, 0.2) is 11.4 Å². The number of amides is 1. The molecule has 7 rings (SSSR count). The van der Waals surface area contributed by atoms with Crippen LogP contribution in [0.2, 0.25) is 0 Å². The minimum atomic E-state index is -2.80. The second-order valence-electron chi connectivity index (χ2n) is 14.2. The fourth-order valence-electron chi connectivity index (χ4n) is 9.00. The lowest BCUT2D eigenvalue weighted by molar-refractivity contribution is -0.822. The van der Waals surface area contributed by atoms with Crippen LogP contribution in [-0.2, 0) is 29.3 Å². The molecule has 2 aromatic rings. The maximum Gasteiger partial charge on any atom is 0.504 e. The first-order chi connectivity index (χ1) is 22.6. The predicted octanol–water partition coefficient (Wildman–Crippen LogP) is 0.249. The number of benzene rings is 2. The van der Waals surface area contributed by atoms with Crippen molar-refractivity contribution in [1.29, 1.82) is 0 Å². The van der Waals surface area contributed by atoms with Crippen molar-refractivity contribution in [1.82, 2.24) is 10.2 Å². The van der Waals surface area contributed by atoms with Gasteiger partial charge in [-0.05, 0) is 46.0 Å². The highest BCUT2D eigenvalue weighted by Crippen LogP contribution is 2.57. The molecule has 3 aliphatic carbocycles. The molecular formula is C34H40BN3O10. The molecule has 254 valence electrons. The summed E-state index contributed by atoms with van der Waals surface area (Å²) in [4.78, 5) is 44.0. The molecule has 1 amide bonds. The number of hydrogen-bond acceptors (Lipinski definition) is 11. The van der Waals surface area contributed by atoms with E-state index < -0.39 is 81.7 Å². The van der Waals surface area contributed by atoms with E-state index in [4.69, 9.17) is 9.31 Å². The van der Waals surface area contributed by atoms with Gasteiger partial charge in [-0.3, -0.25) is 19.3 Å². The van der Waals surface area contributed by atoms with Crippen LogP contribution < -0.4 is 10.8 Å². The van der Waals surface area contributed by atoms with Gasteiger partial charge in [0, 0.05) is 17.4 Å². The van der Waals surface area contributed by atoms with Crippen LogP contribution in [0.25, 0.3) is 5.76 Å². The molecule has 1 saturated carbocycles. The van der Waals surface area contributed by atoms with E-state index in [0.29, 0.717) is 26.3 Å². The number of fused-ring (bicyclic) bond motifs is 4. The van der Waals surface area contributed by atoms with Crippen molar-refractivity contribution in [3.63, 3.8) is 0 Å². The molecule has 14 heteroatoms. The number of quaternary nitrogens is 1. The Balaban J connectivity index is 1.28. The molecule has 0 unspecified atom stereocenters. The SMILES string of the molecule is Cc1ccc([B-]23OCC[N+]2(CNC(=O)C2=C(O)[C@]4(O)C(=O)C5=C(O)c6c(O)cccc6[C@](C)(O)[C@@H]5C[C@H]4[C@@H](N(C)C)C2=O)CCO3)cc1. The number of Topliss-reactive ketones (excluding diaryl/α,β-unsaturated/α-hetero) is 2. The number of phenolic OH excluding ortho intramolecular Hbond substituents is 1. The van der Waals surface area contributed by atoms with E-state index in [9.17, 15) is 39.9 Å². The lowest BCUT2D eigenvalue weighted by Gasteiger charge is -2.53. The zero-order chi connectivity index (χ0) is 34.6. The number of rotatable bonds is 5. The van der Waals surface area contributed by atoms with Crippen LogP contribution in [0.15, 0.2) is 59.4 Å². The minimum absolute atomic E-state index is 0.0217. The Kier molecular flexibility index (Phi) is 7.26. The van der Waals surface area contributed by atoms with Crippen LogP contribution in [0.4, 0.5) is 0 Å². The molecule has 2 saturated heterocycles. The van der Waals surface area contributed by atoms with Crippen molar-refractivity contribution in [2.75, 3.05) is 47.1 Å². The first-order valence-electron chi connectivity index (χ1n) is 16.2. The van der Waals surface area contributed by atoms with Crippen LogP contribution in [-0.4, -0.2) is 118 Å². The molecule has 0 spiro atoms. The second kappa shape index (κ2) is 10.7. The number of aliphatic hydroxyl groups excluding tert-OH is 2. The fourth-order valence-corrected chi connectivity index (χ4v) is 9.00. The third kappa shape index (κ3) is 4.10. The Morgan fingerprint density at radius 2 is 1.69 bits per heavy atom. The summed E-state index contributed by atoms with van der Waals surface area (Å²) in [6.45, 7) is 3.11. The number of carbonyl (C=O) groups excluding carboxylic acids is 3. The number of ketones is 2. The Bertz CT molecular complexity index is 1810. The van der Waals surface area contributed by atoms with Gasteiger partial charge in [0.2, 0.25) is 5.78 Å². The summed E-state index contributed by atoms with van der Waals surface area (Å²) in [5, 5.41) is 60.4. The zero-order valence-corrected chi connectivity index (χ0v) is 27.3. The van der Waals surface area contributed by atoms with E-state index in [1.165, 1.54) is 30.0 Å². The number of likely N-dealkylation sites (N-methyl/N-ethyl adjacent to an activating group) is 1. The van der Waals surface area contributed by atoms with Crippen molar-refractivity contribution < 1.29 is 53.6 Å². The smallest absolute Gasteiger partial charge is 0.504 e. The molecule has 48 heavy (non-hydrogen) atoms. The molecular weight excluding hydrogens is 621 g/mol. The lowest BCUT2D eigenvalue weighted by Crippen LogP contribution is -2.72. The number of aryl methyl sites for hydroxylation is 1. The monoisotopic (exact) mass is 661 g/mol. The Labute approximate surface area is 277 Å². The molecule has 0 bridgehead atoms. The van der Waals surface area contributed by atoms with Gasteiger partial charge < -0.3 is 44.6 Å². The van der Waals surface area contributed by atoms with Crippen LogP contribution in [0.1, 0.15) is 30.0 Å². The van der Waals surface area contributed by atoms with Gasteiger partial charge in [-0.1, -0.05) is 47.4 Å². The molecule has 2 heterocycles. The highest BCUT2D eigenvalue weighted by atomic mass is 16.6. The van der Waals surface area contributed by atoms with Crippen molar-refractivity contribution in [2.24, 2.45) is 11.8 Å². The first-order valence-corrected chi connectivity index (χ1v) is 16.2. The number of hydrogen-bond donors (Lipinski definition) is 6. The lowest BCUT2D eigenvalue weighted by atomic mass is 9.54. The zero-order valence-electron chi connectivity index (χ0n) is 27.3. The minimum Gasteiger partial charge on any atom is -0.508 e. The summed E-state index contributed by atoms with van der Waals surface area (Å²) in [5.74, 6) is -7.52. The number of aromatic hydroxyl groups is 1. The maximum absolute atomic E-state index is 14.4. The third-order valence-electron chi connectivity index (χ3n) is 11.5. The van der Waals surface area contributed by atoms with E-state index in [1.807, 2.05) is 31.2 Å². The van der Waals surface area contributed by atoms with Crippen LogP contribution >= 0.6 is 0 Å². The van der Waals surface area contributed by atoms with Gasteiger partial charge in [0.25, 0.3) is 5.91 Å². The second-order valence-corrected chi connectivity index (χ2v) is 14.2. The number of aliphatic hydroxyl groups is 4. The number of phenols is 1. The fraction of sp³-hybridized carbons (Fsp3) is 0.441. The number of carbonyl (C=O) groups is 3. The highest BCUT2D eigenvalue weighted by Gasteiger charge is 2.67. The van der Waals surface area contributed by atoms with Gasteiger partial charge in [-0.25, -0.2) is 0 Å². The molecule has 5 atom stereocenters. The topological polar surface area (TPSA) is 186 Å². The van der Waals surface area contributed by atoms with Crippen molar-refractivity contribution >= 4 is 35.4 Å². The normalized spacial score (nSPS) is 35.8. The largest absolute Gasteiger partial charge is 0.508 e. The number of nitrogens with zero attached hydrogens (tertiary/aromatic N) is 2. The Morgan fingerprint density at radius 3 is 2.31 bits per heavy atom. The summed E-state index contributed by atoms with van der Waals surface area (Å²) in [7, 11) is 3.11. The van der Waals surface area contributed by atoms with E-state index in [1.54, 1.807) is 14.1 Å². The average molecular weight is 662 g/mol. The summed E-state index contributed by atoms with van der Waals surface area (Å²) in [5.41, 5.74) is -3.89. The van der Waals surface area contributed by atoms with E-state index in [0.717, 1.165) is 11.0 Å². The van der Waals surface area contributed by atoms with Crippen molar-refractivity contribution in [3.05, 3.63) is 76.1 Å². The number of nitrogens with one attached hydrogen (secondary N) is 1. The van der Waals surface area contributed by atoms with E-state index in [2.05, 4.69) is 5.32 Å². The van der Waals surface area contributed by atoms with Gasteiger partial charge in [0.05, 0.1) is 43.5 Å². The van der Waals surface area contributed by atoms with Crippen molar-refractivity contribution in [2.45, 2.75) is 37.5 Å². The van der Waals surface area contributed by atoms with Crippen molar-refractivity contribution in [3.8, 4) is 5.75 Å². The molecule has 5 aliphatic rings. The molecule has 0 radical (unpaired) electrons. The molecule has 13 nitrogen and oxygen atoms in total. The molecule has 0 aromatic heterocycles. The van der Waals surface area contributed by atoms with Gasteiger partial charge >= 0.3 is 6.69 Å². The van der Waals surface area contributed by atoms with Gasteiger partial charge in [-0.15, -0.1) is 0 Å². The van der Waals surface area contributed by atoms with Crippen LogP contribution in [0, 0.1) is 18.8 Å². The summed E-state index contributed by atoms with van der Waals surface area (Å²) in [6.07, 6.45) is -0.215. The molecule has 2 aromatic carbocycles. The predicted molar refractivity (Wildman–Crippen MR) is 172 cm³/mol. The summed E-state index contributed by atoms with van der Waals surface area (Å²) >= 11 is 0. The maximum atomic E-state index is 14.4. The Hall–Kier alpha value is -4.05. The highest BCUT2D eigenvalue weighted by molar-refractivity contribution is 6.75. The summed E-state index contributed by atoms with van der Waals surface area (Å²) in [6, 6.07) is 10.8. The van der Waals surface area contributed by atoms with E-state index in [-0.39, 0.29) is 28.6 Å². The summed E-state index contributed by atoms with van der Waals surface area (Å²) < 4.78 is 12.7. The van der Waals surface area contributed by atoms with Crippen LogP contribution in [0.5, 0.6) is 5.75 Å². The molecule has 2 aliphatic heterocycles.